The van der Waals surface area contributed by atoms with Crippen LogP contribution in [0.25, 0.3) is 11.1 Å². The number of thioether (sulfide) groups is 1. The maximum absolute atomic E-state index is 11.3. The number of benzene rings is 2. The zero-order valence-electron chi connectivity index (χ0n) is 12.4. The van der Waals surface area contributed by atoms with Crippen LogP contribution in [0.2, 0.25) is 0 Å². The molecule has 0 aromatic heterocycles. The Kier molecular flexibility index (Phi) is 5.78. The van der Waals surface area contributed by atoms with Crippen molar-refractivity contribution in [3.05, 3.63) is 60.2 Å². The molecule has 0 bridgehead atoms. The van der Waals surface area contributed by atoms with Gasteiger partial charge < -0.3 is 5.11 Å². The molecule has 0 saturated heterocycles. The van der Waals surface area contributed by atoms with Crippen molar-refractivity contribution in [3.63, 3.8) is 0 Å². The Labute approximate surface area is 134 Å². The lowest BCUT2D eigenvalue weighted by molar-refractivity contribution is -0.140. The fraction of sp³-hybridized carbons (Fsp3) is 0.222. The second kappa shape index (κ2) is 7.80. The highest BCUT2D eigenvalue weighted by Gasteiger charge is 2.19. The number of carboxylic acids is 1. The summed E-state index contributed by atoms with van der Waals surface area (Å²) >= 11 is 1.07. The number of rotatable bonds is 6. The zero-order chi connectivity index (χ0) is 15.9. The van der Waals surface area contributed by atoms with Gasteiger partial charge in [0, 0.05) is 12.7 Å². The highest BCUT2D eigenvalue weighted by molar-refractivity contribution is 8.13. The summed E-state index contributed by atoms with van der Waals surface area (Å²) in [6, 6.07) is 17.9. The third-order valence-electron chi connectivity index (χ3n) is 3.38. The number of carboxylic acid groups (broad SMARTS) is 1. The first-order chi connectivity index (χ1) is 10.6. The molecule has 2 rings (SSSR count). The monoisotopic (exact) mass is 314 g/mol. The maximum Gasteiger partial charge on any atom is 0.307 e. The summed E-state index contributed by atoms with van der Waals surface area (Å²) in [5, 5.41) is 9.21. The minimum absolute atomic E-state index is 0.0503. The minimum atomic E-state index is -0.860. The van der Waals surface area contributed by atoms with Crippen LogP contribution in [0.4, 0.5) is 0 Å². The molecule has 4 heteroatoms. The van der Waals surface area contributed by atoms with Gasteiger partial charge in [-0.1, -0.05) is 66.4 Å². The first kappa shape index (κ1) is 16.3. The predicted octanol–water partition coefficient (Wildman–Crippen LogP) is 3.88. The van der Waals surface area contributed by atoms with Crippen LogP contribution in [-0.2, 0) is 16.0 Å². The molecule has 0 amide bonds. The van der Waals surface area contributed by atoms with E-state index in [2.05, 4.69) is 0 Å². The average Bonchev–Trinajstić information content (AvgIpc) is 2.52. The fourth-order valence-electron chi connectivity index (χ4n) is 2.18. The van der Waals surface area contributed by atoms with Gasteiger partial charge in [0.25, 0.3) is 0 Å². The molecular weight excluding hydrogens is 296 g/mol. The second-order valence-electron chi connectivity index (χ2n) is 5.10. The van der Waals surface area contributed by atoms with Gasteiger partial charge >= 0.3 is 5.97 Å². The first-order valence-corrected chi connectivity index (χ1v) is 8.05. The van der Waals surface area contributed by atoms with Gasteiger partial charge in [0.2, 0.25) is 0 Å². The maximum atomic E-state index is 11.3. The molecule has 0 fully saturated rings. The predicted molar refractivity (Wildman–Crippen MR) is 89.8 cm³/mol. The first-order valence-electron chi connectivity index (χ1n) is 7.07. The highest BCUT2D eigenvalue weighted by Crippen LogP contribution is 2.21. The van der Waals surface area contributed by atoms with Crippen molar-refractivity contribution < 1.29 is 14.7 Å². The summed E-state index contributed by atoms with van der Waals surface area (Å²) in [6.07, 6.45) is 0.435. The molecule has 0 heterocycles. The Morgan fingerprint density at radius 3 is 2.14 bits per heavy atom. The highest BCUT2D eigenvalue weighted by atomic mass is 32.2. The lowest BCUT2D eigenvalue weighted by Gasteiger charge is -2.11. The molecule has 0 aliphatic heterocycles. The van der Waals surface area contributed by atoms with E-state index < -0.39 is 11.9 Å². The summed E-state index contributed by atoms with van der Waals surface area (Å²) in [7, 11) is 0. The molecule has 2 aromatic carbocycles. The molecular formula is C18H18O3S. The molecule has 0 radical (unpaired) electrons. The van der Waals surface area contributed by atoms with Crippen molar-refractivity contribution in [2.24, 2.45) is 5.92 Å². The number of hydrogen-bond acceptors (Lipinski definition) is 3. The van der Waals surface area contributed by atoms with Gasteiger partial charge in [-0.05, 0) is 23.1 Å². The fourth-order valence-corrected chi connectivity index (χ4v) is 2.88. The van der Waals surface area contributed by atoms with E-state index in [1.165, 1.54) is 6.92 Å². The van der Waals surface area contributed by atoms with Crippen molar-refractivity contribution in [2.45, 2.75) is 13.3 Å². The van der Waals surface area contributed by atoms with Crippen LogP contribution in [0, 0.1) is 5.92 Å². The van der Waals surface area contributed by atoms with Gasteiger partial charge in [0.05, 0.1) is 5.92 Å². The summed E-state index contributed by atoms with van der Waals surface area (Å²) in [6.45, 7) is 1.46. The SMILES string of the molecule is CC(=O)SC[C@@H](Cc1ccc(-c2ccccc2)cc1)C(=O)O. The summed E-state index contributed by atoms with van der Waals surface area (Å²) in [5.74, 6) is -1.09. The Balaban J connectivity index is 2.06. The number of carbonyl (C=O) groups excluding carboxylic acids is 1. The zero-order valence-corrected chi connectivity index (χ0v) is 13.2. The largest absolute Gasteiger partial charge is 0.481 e. The minimum Gasteiger partial charge on any atom is -0.481 e. The lowest BCUT2D eigenvalue weighted by Crippen LogP contribution is -2.19. The van der Waals surface area contributed by atoms with Crippen LogP contribution in [0.15, 0.2) is 54.6 Å². The normalized spacial score (nSPS) is 11.9. The Bertz CT molecular complexity index is 635. The summed E-state index contributed by atoms with van der Waals surface area (Å²) in [4.78, 5) is 22.3. The van der Waals surface area contributed by atoms with Gasteiger partial charge in [-0.3, -0.25) is 9.59 Å². The molecule has 114 valence electrons. The summed E-state index contributed by atoms with van der Waals surface area (Å²) in [5.41, 5.74) is 3.21. The van der Waals surface area contributed by atoms with Gasteiger partial charge in [-0.2, -0.15) is 0 Å². The van der Waals surface area contributed by atoms with Crippen LogP contribution in [0.5, 0.6) is 0 Å². The Hall–Kier alpha value is -2.07. The van der Waals surface area contributed by atoms with Gasteiger partial charge in [0.1, 0.15) is 0 Å². The van der Waals surface area contributed by atoms with Crippen LogP contribution in [-0.4, -0.2) is 21.9 Å². The van der Waals surface area contributed by atoms with E-state index in [0.29, 0.717) is 12.2 Å². The number of hydrogen-bond donors (Lipinski definition) is 1. The molecule has 0 aliphatic rings. The van der Waals surface area contributed by atoms with Crippen LogP contribution >= 0.6 is 11.8 Å². The van der Waals surface area contributed by atoms with E-state index in [0.717, 1.165) is 28.5 Å². The molecule has 22 heavy (non-hydrogen) atoms. The quantitative estimate of drug-likeness (QED) is 0.879. The molecule has 0 unspecified atom stereocenters. The van der Waals surface area contributed by atoms with Gasteiger partial charge in [0.15, 0.2) is 5.12 Å². The third kappa shape index (κ3) is 4.74. The number of carbonyl (C=O) groups is 2. The van der Waals surface area contributed by atoms with Gasteiger partial charge in [-0.25, -0.2) is 0 Å². The van der Waals surface area contributed by atoms with Crippen LogP contribution in [0.1, 0.15) is 12.5 Å². The molecule has 2 aromatic rings. The Morgan fingerprint density at radius 2 is 1.59 bits per heavy atom. The molecule has 0 saturated carbocycles. The van der Waals surface area contributed by atoms with E-state index in [1.54, 1.807) is 0 Å². The van der Waals surface area contributed by atoms with E-state index in [4.69, 9.17) is 0 Å². The third-order valence-corrected chi connectivity index (χ3v) is 4.36. The van der Waals surface area contributed by atoms with Crippen molar-refractivity contribution in [2.75, 3.05) is 5.75 Å². The van der Waals surface area contributed by atoms with E-state index in [1.807, 2.05) is 54.6 Å². The molecule has 0 aliphatic carbocycles. The standard InChI is InChI=1S/C18H18O3S/c1-13(19)22-12-17(18(20)21)11-14-7-9-16(10-8-14)15-5-3-2-4-6-15/h2-10,17H,11-12H2,1H3,(H,20,21)/t17-/m1/s1. The topological polar surface area (TPSA) is 54.4 Å². The smallest absolute Gasteiger partial charge is 0.307 e. The van der Waals surface area contributed by atoms with Crippen LogP contribution in [0.3, 0.4) is 0 Å². The van der Waals surface area contributed by atoms with Gasteiger partial charge in [-0.15, -0.1) is 0 Å². The average molecular weight is 314 g/mol. The molecule has 0 spiro atoms. The van der Waals surface area contributed by atoms with E-state index >= 15 is 0 Å². The summed E-state index contributed by atoms with van der Waals surface area (Å²) < 4.78 is 0. The Morgan fingerprint density at radius 1 is 1.00 bits per heavy atom. The van der Waals surface area contributed by atoms with Crippen LogP contribution < -0.4 is 0 Å². The molecule has 1 atom stereocenters. The van der Waals surface area contributed by atoms with Crippen molar-refractivity contribution in [1.29, 1.82) is 0 Å². The van der Waals surface area contributed by atoms with Crippen molar-refractivity contribution in [3.8, 4) is 11.1 Å². The van der Waals surface area contributed by atoms with Crippen molar-refractivity contribution >= 4 is 22.8 Å². The van der Waals surface area contributed by atoms with E-state index in [9.17, 15) is 14.7 Å². The second-order valence-corrected chi connectivity index (χ2v) is 6.30. The van der Waals surface area contributed by atoms with Crippen molar-refractivity contribution in [1.82, 2.24) is 0 Å². The lowest BCUT2D eigenvalue weighted by atomic mass is 9.98. The molecule has 1 N–H and O–H groups in total. The van der Waals surface area contributed by atoms with E-state index in [-0.39, 0.29) is 5.12 Å². The number of aliphatic carboxylic acids is 1. The molecule has 3 nitrogen and oxygen atoms in total.